The van der Waals surface area contributed by atoms with E-state index in [1.807, 2.05) is 18.2 Å². The van der Waals surface area contributed by atoms with Gasteiger partial charge in [-0.1, -0.05) is 11.6 Å². The summed E-state index contributed by atoms with van der Waals surface area (Å²) in [4.78, 5) is 37.0. The summed E-state index contributed by atoms with van der Waals surface area (Å²) in [6, 6.07) is 12.6. The van der Waals surface area contributed by atoms with Gasteiger partial charge in [0.1, 0.15) is 5.75 Å². The van der Waals surface area contributed by atoms with Gasteiger partial charge >= 0.3 is 5.97 Å². The molecule has 2 aromatic carbocycles. The van der Waals surface area contributed by atoms with E-state index in [0.717, 1.165) is 10.5 Å². The summed E-state index contributed by atoms with van der Waals surface area (Å²) in [5, 5.41) is 15.3. The van der Waals surface area contributed by atoms with Crippen LogP contribution in [0, 0.1) is 5.92 Å². The van der Waals surface area contributed by atoms with Gasteiger partial charge in [-0.3, -0.25) is 14.4 Å². The van der Waals surface area contributed by atoms with Crippen molar-refractivity contribution in [1.29, 1.82) is 0 Å². The predicted octanol–water partition coefficient (Wildman–Crippen LogP) is 3.93. The maximum absolute atomic E-state index is 12.4. The molecule has 3 N–H and O–H groups in total. The standard InChI is InChI=1S/C25H27ClN2O5S/c26-18-5-10-21-17(13-18)14-22(34-21)24(30)28-12-11-27-23(29)15-1-6-19(7-2-15)33-20-8-3-16(4-9-20)25(31)32/h1-2,5-7,10,13,16,20,22H,3-4,8-9,11-12,14H2,(H,27,29)(H,28,30)(H,31,32). The molecular formula is C25H27ClN2O5S. The summed E-state index contributed by atoms with van der Waals surface area (Å²) >= 11 is 7.56. The number of benzene rings is 2. The number of carbonyl (C=O) groups excluding carboxylic acids is 2. The van der Waals surface area contributed by atoms with E-state index in [-0.39, 0.29) is 29.1 Å². The number of carbonyl (C=O) groups is 3. The number of carboxylic acid groups (broad SMARTS) is 1. The van der Waals surface area contributed by atoms with Gasteiger partial charge in [-0.15, -0.1) is 11.8 Å². The number of rotatable bonds is 8. The number of carboxylic acids is 1. The van der Waals surface area contributed by atoms with E-state index in [2.05, 4.69) is 10.6 Å². The average molecular weight is 503 g/mol. The first kappa shape index (κ1) is 24.4. The zero-order chi connectivity index (χ0) is 24.1. The second-order valence-electron chi connectivity index (χ2n) is 8.56. The van der Waals surface area contributed by atoms with Crippen molar-refractivity contribution < 1.29 is 24.2 Å². The minimum Gasteiger partial charge on any atom is -0.490 e. The zero-order valence-electron chi connectivity index (χ0n) is 18.6. The van der Waals surface area contributed by atoms with Crippen LogP contribution in [-0.2, 0) is 16.0 Å². The van der Waals surface area contributed by atoms with Crippen molar-refractivity contribution in [2.24, 2.45) is 5.92 Å². The predicted molar refractivity (Wildman–Crippen MR) is 131 cm³/mol. The molecule has 0 aromatic heterocycles. The summed E-state index contributed by atoms with van der Waals surface area (Å²) in [5.41, 5.74) is 1.60. The normalized spacial score (nSPS) is 21.4. The molecule has 2 aromatic rings. The molecule has 180 valence electrons. The lowest BCUT2D eigenvalue weighted by Crippen LogP contribution is -2.38. The van der Waals surface area contributed by atoms with Crippen molar-refractivity contribution in [3.63, 3.8) is 0 Å². The van der Waals surface area contributed by atoms with E-state index in [4.69, 9.17) is 21.4 Å². The van der Waals surface area contributed by atoms with Crippen molar-refractivity contribution in [3.8, 4) is 5.75 Å². The first-order valence-electron chi connectivity index (χ1n) is 11.4. The molecule has 7 nitrogen and oxygen atoms in total. The van der Waals surface area contributed by atoms with Gasteiger partial charge in [0.2, 0.25) is 5.91 Å². The fourth-order valence-electron chi connectivity index (χ4n) is 4.25. The fourth-order valence-corrected chi connectivity index (χ4v) is 5.64. The van der Waals surface area contributed by atoms with Crippen LogP contribution in [0.3, 0.4) is 0 Å². The lowest BCUT2D eigenvalue weighted by atomic mass is 9.87. The van der Waals surface area contributed by atoms with Gasteiger partial charge in [-0.2, -0.15) is 0 Å². The summed E-state index contributed by atoms with van der Waals surface area (Å²) in [5.74, 6) is -0.616. The Balaban J connectivity index is 1.15. The van der Waals surface area contributed by atoms with Crippen LogP contribution in [0.15, 0.2) is 47.4 Å². The number of halogens is 1. The molecule has 0 bridgehead atoms. The molecule has 0 radical (unpaired) electrons. The molecule has 4 rings (SSSR count). The minimum absolute atomic E-state index is 0.00157. The van der Waals surface area contributed by atoms with Crippen LogP contribution in [0.2, 0.25) is 5.02 Å². The Bertz CT molecular complexity index is 1050. The number of thioether (sulfide) groups is 1. The molecule has 2 aliphatic rings. The first-order valence-corrected chi connectivity index (χ1v) is 12.7. The lowest BCUT2D eigenvalue weighted by Gasteiger charge is -2.26. The molecule has 0 spiro atoms. The molecule has 1 aliphatic carbocycles. The third-order valence-corrected chi connectivity index (χ3v) is 7.69. The highest BCUT2D eigenvalue weighted by atomic mass is 35.5. The molecule has 1 unspecified atom stereocenters. The van der Waals surface area contributed by atoms with Crippen molar-refractivity contribution >= 4 is 41.1 Å². The second kappa shape index (κ2) is 11.1. The Labute approximate surface area is 207 Å². The number of hydrogen-bond acceptors (Lipinski definition) is 5. The number of aliphatic carboxylic acids is 1. The highest BCUT2D eigenvalue weighted by Crippen LogP contribution is 2.38. The number of hydrogen-bond donors (Lipinski definition) is 3. The molecule has 1 fully saturated rings. The van der Waals surface area contributed by atoms with E-state index >= 15 is 0 Å². The molecule has 9 heteroatoms. The van der Waals surface area contributed by atoms with Gasteiger partial charge in [-0.25, -0.2) is 0 Å². The van der Waals surface area contributed by atoms with Gasteiger partial charge in [0, 0.05) is 28.6 Å². The van der Waals surface area contributed by atoms with E-state index < -0.39 is 5.97 Å². The molecule has 2 amide bonds. The van der Waals surface area contributed by atoms with Crippen LogP contribution in [0.4, 0.5) is 0 Å². The third kappa shape index (κ3) is 6.24. The van der Waals surface area contributed by atoms with Crippen LogP contribution in [0.1, 0.15) is 41.6 Å². The van der Waals surface area contributed by atoms with Crippen molar-refractivity contribution in [2.45, 2.75) is 48.4 Å². The van der Waals surface area contributed by atoms with Gasteiger partial charge in [0.15, 0.2) is 0 Å². The van der Waals surface area contributed by atoms with Crippen LogP contribution >= 0.6 is 23.4 Å². The van der Waals surface area contributed by atoms with Crippen LogP contribution < -0.4 is 15.4 Å². The molecule has 1 aliphatic heterocycles. The molecule has 0 saturated heterocycles. The zero-order valence-corrected chi connectivity index (χ0v) is 20.2. The first-order chi connectivity index (χ1) is 16.4. The maximum atomic E-state index is 12.4. The van der Waals surface area contributed by atoms with E-state index in [1.54, 1.807) is 24.3 Å². The van der Waals surface area contributed by atoms with Crippen molar-refractivity contribution in [1.82, 2.24) is 10.6 Å². The van der Waals surface area contributed by atoms with Crippen LogP contribution in [0.5, 0.6) is 5.75 Å². The summed E-state index contributed by atoms with van der Waals surface area (Å²) < 4.78 is 5.94. The summed E-state index contributed by atoms with van der Waals surface area (Å²) in [6.45, 7) is 0.671. The highest BCUT2D eigenvalue weighted by Gasteiger charge is 2.28. The Hall–Kier alpha value is -2.71. The smallest absolute Gasteiger partial charge is 0.306 e. The van der Waals surface area contributed by atoms with Crippen molar-refractivity contribution in [3.05, 3.63) is 58.6 Å². The Kier molecular flexibility index (Phi) is 8.00. The maximum Gasteiger partial charge on any atom is 0.306 e. The second-order valence-corrected chi connectivity index (χ2v) is 10.2. The summed E-state index contributed by atoms with van der Waals surface area (Å²) in [7, 11) is 0. The van der Waals surface area contributed by atoms with E-state index in [0.29, 0.717) is 61.5 Å². The Morgan fingerprint density at radius 3 is 2.41 bits per heavy atom. The molecule has 1 atom stereocenters. The monoisotopic (exact) mass is 502 g/mol. The molecule has 1 saturated carbocycles. The molecule has 34 heavy (non-hydrogen) atoms. The minimum atomic E-state index is -0.735. The number of nitrogens with one attached hydrogen (secondary N) is 2. The SMILES string of the molecule is O=C(NCCNC(=O)C1Cc2cc(Cl)ccc2S1)c1ccc(OC2CCC(C(=O)O)CC2)cc1. The van der Waals surface area contributed by atoms with Gasteiger partial charge < -0.3 is 20.5 Å². The number of ether oxygens (including phenoxy) is 1. The quantitative estimate of drug-likeness (QED) is 0.472. The van der Waals surface area contributed by atoms with Gasteiger partial charge in [-0.05, 0) is 80.1 Å². The Morgan fingerprint density at radius 1 is 1.00 bits per heavy atom. The summed E-state index contributed by atoms with van der Waals surface area (Å²) in [6.07, 6.45) is 3.32. The van der Waals surface area contributed by atoms with E-state index in [1.165, 1.54) is 11.8 Å². The van der Waals surface area contributed by atoms with Crippen LogP contribution in [0.25, 0.3) is 0 Å². The van der Waals surface area contributed by atoms with Gasteiger partial charge in [0.25, 0.3) is 5.91 Å². The van der Waals surface area contributed by atoms with Gasteiger partial charge in [0.05, 0.1) is 17.3 Å². The highest BCUT2D eigenvalue weighted by molar-refractivity contribution is 8.01. The molecule has 1 heterocycles. The average Bonchev–Trinajstić information content (AvgIpc) is 3.26. The number of amides is 2. The van der Waals surface area contributed by atoms with Crippen LogP contribution in [-0.4, -0.2) is 47.3 Å². The topological polar surface area (TPSA) is 105 Å². The Morgan fingerprint density at radius 2 is 1.71 bits per heavy atom. The van der Waals surface area contributed by atoms with E-state index in [9.17, 15) is 14.4 Å². The largest absolute Gasteiger partial charge is 0.490 e. The molecular weight excluding hydrogens is 476 g/mol. The van der Waals surface area contributed by atoms with Crippen molar-refractivity contribution in [2.75, 3.05) is 13.1 Å². The fraction of sp³-hybridized carbons (Fsp3) is 0.400. The third-order valence-electron chi connectivity index (χ3n) is 6.14. The lowest BCUT2D eigenvalue weighted by molar-refractivity contribution is -0.143. The number of fused-ring (bicyclic) bond motifs is 1.